The minimum Gasteiger partial charge on any atom is -0.490 e. The second kappa shape index (κ2) is 10.2. The summed E-state index contributed by atoms with van der Waals surface area (Å²) in [6, 6.07) is 4.46. The van der Waals surface area contributed by atoms with E-state index in [1.54, 1.807) is 18.2 Å². The largest absolute Gasteiger partial charge is 0.490 e. The molecule has 1 atom stereocenters. The van der Waals surface area contributed by atoms with Crippen LogP contribution in [0.1, 0.15) is 45.1 Å². The maximum Gasteiger partial charge on any atom is 0.244 e. The molecule has 1 amide bonds. The van der Waals surface area contributed by atoms with Gasteiger partial charge in [-0.2, -0.15) is 0 Å². The number of halogens is 1. The quantitative estimate of drug-likeness (QED) is 0.593. The number of rotatable bonds is 10. The van der Waals surface area contributed by atoms with Crippen molar-refractivity contribution >= 4 is 23.6 Å². The minimum atomic E-state index is -0.0785. The summed E-state index contributed by atoms with van der Waals surface area (Å²) in [6.07, 6.45) is 8.07. The van der Waals surface area contributed by atoms with Crippen LogP contribution in [0.5, 0.6) is 11.5 Å². The highest BCUT2D eigenvalue weighted by Gasteiger charge is 2.34. The number of hydrogen-bond donors (Lipinski definition) is 1. The van der Waals surface area contributed by atoms with Crippen LogP contribution in [0.15, 0.2) is 18.2 Å². The van der Waals surface area contributed by atoms with Gasteiger partial charge in [0, 0.05) is 25.2 Å². The molecule has 3 rings (SSSR count). The Morgan fingerprint density at radius 2 is 2.11 bits per heavy atom. The molecule has 28 heavy (non-hydrogen) atoms. The molecule has 2 fully saturated rings. The monoisotopic (exact) mass is 406 g/mol. The van der Waals surface area contributed by atoms with E-state index in [0.29, 0.717) is 35.7 Å². The third kappa shape index (κ3) is 5.89. The molecule has 1 aliphatic heterocycles. The second-order valence-corrected chi connectivity index (χ2v) is 7.98. The van der Waals surface area contributed by atoms with Gasteiger partial charge >= 0.3 is 0 Å². The molecule has 6 heteroatoms. The van der Waals surface area contributed by atoms with Crippen LogP contribution in [0.2, 0.25) is 5.02 Å². The molecule has 1 aromatic rings. The number of benzene rings is 1. The van der Waals surface area contributed by atoms with Gasteiger partial charge in [-0.25, -0.2) is 0 Å². The molecule has 1 saturated carbocycles. The number of carbonyl (C=O) groups excluding carboxylic acids is 1. The van der Waals surface area contributed by atoms with Crippen molar-refractivity contribution in [3.63, 3.8) is 0 Å². The Balaban J connectivity index is 1.54. The van der Waals surface area contributed by atoms with Crippen LogP contribution in [0.25, 0.3) is 6.08 Å². The van der Waals surface area contributed by atoms with Crippen LogP contribution in [0, 0.1) is 5.92 Å². The summed E-state index contributed by atoms with van der Waals surface area (Å²) in [4.78, 5) is 14.8. The Hall–Kier alpha value is -1.72. The van der Waals surface area contributed by atoms with E-state index < -0.39 is 0 Å². The SMILES string of the molecule is CCCOc1c(Cl)cc(/C=C/C(=O)NCC2CCN(C3CC3)C2)cc1OCC. The van der Waals surface area contributed by atoms with E-state index in [1.165, 1.54) is 25.8 Å². The fraction of sp³-hybridized carbons (Fsp3) is 0.591. The van der Waals surface area contributed by atoms with Crippen molar-refractivity contribution in [1.29, 1.82) is 0 Å². The Labute approximate surface area is 173 Å². The summed E-state index contributed by atoms with van der Waals surface area (Å²) < 4.78 is 11.4. The topological polar surface area (TPSA) is 50.8 Å². The molecule has 0 aromatic heterocycles. The van der Waals surface area contributed by atoms with Gasteiger partial charge < -0.3 is 19.7 Å². The minimum absolute atomic E-state index is 0.0785. The zero-order valence-corrected chi connectivity index (χ0v) is 17.6. The molecule has 0 bridgehead atoms. The molecule has 154 valence electrons. The van der Waals surface area contributed by atoms with Crippen molar-refractivity contribution in [3.05, 3.63) is 28.8 Å². The Morgan fingerprint density at radius 1 is 1.29 bits per heavy atom. The molecule has 2 aliphatic rings. The maximum atomic E-state index is 12.2. The average molecular weight is 407 g/mol. The summed E-state index contributed by atoms with van der Waals surface area (Å²) >= 11 is 6.37. The zero-order valence-electron chi connectivity index (χ0n) is 16.9. The van der Waals surface area contributed by atoms with Crippen LogP contribution < -0.4 is 14.8 Å². The first-order valence-electron chi connectivity index (χ1n) is 10.4. The lowest BCUT2D eigenvalue weighted by Crippen LogP contribution is -2.30. The molecule has 1 N–H and O–H groups in total. The number of hydrogen-bond acceptors (Lipinski definition) is 4. The van der Waals surface area contributed by atoms with Crippen molar-refractivity contribution in [2.75, 3.05) is 32.8 Å². The van der Waals surface area contributed by atoms with Crippen LogP contribution in [-0.4, -0.2) is 49.7 Å². The molecule has 0 spiro atoms. The number of ether oxygens (including phenoxy) is 2. The Morgan fingerprint density at radius 3 is 2.82 bits per heavy atom. The van der Waals surface area contributed by atoms with E-state index in [0.717, 1.165) is 31.1 Å². The van der Waals surface area contributed by atoms with Crippen LogP contribution in [0.4, 0.5) is 0 Å². The smallest absolute Gasteiger partial charge is 0.244 e. The van der Waals surface area contributed by atoms with Crippen molar-refractivity contribution in [3.8, 4) is 11.5 Å². The van der Waals surface area contributed by atoms with Gasteiger partial charge in [0.2, 0.25) is 5.91 Å². The predicted molar refractivity (Wildman–Crippen MR) is 113 cm³/mol. The summed E-state index contributed by atoms with van der Waals surface area (Å²) in [5.74, 6) is 1.65. The van der Waals surface area contributed by atoms with Crippen LogP contribution in [0.3, 0.4) is 0 Å². The first kappa shape index (κ1) is 21.0. The summed E-state index contributed by atoms with van der Waals surface area (Å²) in [5.41, 5.74) is 0.813. The van der Waals surface area contributed by atoms with Crippen LogP contribution >= 0.6 is 11.6 Å². The maximum absolute atomic E-state index is 12.2. The van der Waals surface area contributed by atoms with Crippen molar-refractivity contribution in [2.45, 2.75) is 45.6 Å². The number of nitrogens with one attached hydrogen (secondary N) is 1. The van der Waals surface area contributed by atoms with E-state index in [2.05, 4.69) is 10.2 Å². The van der Waals surface area contributed by atoms with Gasteiger partial charge in [0.25, 0.3) is 0 Å². The molecule has 1 aliphatic carbocycles. The van der Waals surface area contributed by atoms with Crippen molar-refractivity contribution < 1.29 is 14.3 Å². The number of likely N-dealkylation sites (tertiary alicyclic amines) is 1. The third-order valence-corrected chi connectivity index (χ3v) is 5.44. The zero-order chi connectivity index (χ0) is 19.9. The van der Waals surface area contributed by atoms with E-state index in [-0.39, 0.29) is 5.91 Å². The lowest BCUT2D eigenvalue weighted by molar-refractivity contribution is -0.116. The normalized spacial score (nSPS) is 19.9. The van der Waals surface area contributed by atoms with E-state index >= 15 is 0 Å². The Bertz CT molecular complexity index is 703. The Kier molecular flexibility index (Phi) is 7.63. The first-order chi connectivity index (χ1) is 13.6. The van der Waals surface area contributed by atoms with Crippen molar-refractivity contribution in [1.82, 2.24) is 10.2 Å². The van der Waals surface area contributed by atoms with Gasteiger partial charge in [0.15, 0.2) is 11.5 Å². The number of amides is 1. The third-order valence-electron chi connectivity index (χ3n) is 5.15. The van der Waals surface area contributed by atoms with Gasteiger partial charge in [-0.3, -0.25) is 4.79 Å². The molecule has 1 unspecified atom stereocenters. The molecule has 1 aromatic carbocycles. The summed E-state index contributed by atoms with van der Waals surface area (Å²) in [7, 11) is 0. The standard InChI is InChI=1S/C22H31ClN2O3/c1-3-11-28-22-19(23)12-16(13-20(22)27-4-2)5-8-21(26)24-14-17-9-10-25(15-17)18-6-7-18/h5,8,12-13,17-18H,3-4,6-7,9-11,14-15H2,1-2H3,(H,24,26)/b8-5+. The van der Waals surface area contributed by atoms with Gasteiger partial charge in [-0.15, -0.1) is 0 Å². The molecule has 1 saturated heterocycles. The number of carbonyl (C=O) groups is 1. The highest BCUT2D eigenvalue weighted by molar-refractivity contribution is 6.32. The predicted octanol–water partition coefficient (Wildman–Crippen LogP) is 4.14. The molecular formula is C22H31ClN2O3. The highest BCUT2D eigenvalue weighted by atomic mass is 35.5. The molecular weight excluding hydrogens is 376 g/mol. The summed E-state index contributed by atoms with van der Waals surface area (Å²) in [5, 5.41) is 3.52. The van der Waals surface area contributed by atoms with Gasteiger partial charge in [-0.05, 0) is 68.8 Å². The summed E-state index contributed by atoms with van der Waals surface area (Å²) in [6.45, 7) is 8.08. The fourth-order valence-electron chi connectivity index (χ4n) is 3.57. The molecule has 0 radical (unpaired) electrons. The number of nitrogens with zero attached hydrogens (tertiary/aromatic N) is 1. The van der Waals surface area contributed by atoms with Gasteiger partial charge in [-0.1, -0.05) is 18.5 Å². The average Bonchev–Trinajstić information content (AvgIpc) is 3.42. The lowest BCUT2D eigenvalue weighted by atomic mass is 10.1. The lowest BCUT2D eigenvalue weighted by Gasteiger charge is -2.15. The molecule has 1 heterocycles. The van der Waals surface area contributed by atoms with Gasteiger partial charge in [0.1, 0.15) is 0 Å². The van der Waals surface area contributed by atoms with Crippen LogP contribution in [-0.2, 0) is 4.79 Å². The molecule has 5 nitrogen and oxygen atoms in total. The first-order valence-corrected chi connectivity index (χ1v) is 10.8. The highest BCUT2D eigenvalue weighted by Crippen LogP contribution is 2.37. The van der Waals surface area contributed by atoms with E-state index in [9.17, 15) is 4.79 Å². The van der Waals surface area contributed by atoms with E-state index in [4.69, 9.17) is 21.1 Å². The van der Waals surface area contributed by atoms with Crippen molar-refractivity contribution in [2.24, 2.45) is 5.92 Å². The fourth-order valence-corrected chi connectivity index (χ4v) is 3.84. The second-order valence-electron chi connectivity index (χ2n) is 7.57. The van der Waals surface area contributed by atoms with Gasteiger partial charge in [0.05, 0.1) is 18.2 Å². The van der Waals surface area contributed by atoms with E-state index in [1.807, 2.05) is 19.9 Å².